The summed E-state index contributed by atoms with van der Waals surface area (Å²) in [4.78, 5) is 16.8. The number of hydrogen-bond acceptors (Lipinski definition) is 4. The number of rotatable bonds is 6. The summed E-state index contributed by atoms with van der Waals surface area (Å²) in [7, 11) is 0. The Morgan fingerprint density at radius 2 is 1.96 bits per heavy atom. The van der Waals surface area contributed by atoms with E-state index in [0.717, 1.165) is 63.4 Å². The van der Waals surface area contributed by atoms with Crippen molar-refractivity contribution in [2.24, 2.45) is 0 Å². The number of anilines is 1. The van der Waals surface area contributed by atoms with Gasteiger partial charge in [-0.15, -0.1) is 0 Å². The van der Waals surface area contributed by atoms with Gasteiger partial charge in [-0.05, 0) is 43.2 Å². The summed E-state index contributed by atoms with van der Waals surface area (Å²) in [5.74, 6) is 0.235. The van der Waals surface area contributed by atoms with E-state index in [1.165, 1.54) is 0 Å². The quantitative estimate of drug-likeness (QED) is 0.862. The third kappa shape index (κ3) is 5.23. The molecule has 2 aliphatic rings. The van der Waals surface area contributed by atoms with Crippen molar-refractivity contribution in [1.29, 1.82) is 0 Å². The predicted octanol–water partition coefficient (Wildman–Crippen LogP) is 2.50. The van der Waals surface area contributed by atoms with Gasteiger partial charge in [0.2, 0.25) is 5.91 Å². The summed E-state index contributed by atoms with van der Waals surface area (Å²) in [5, 5.41) is 3.41. The summed E-state index contributed by atoms with van der Waals surface area (Å²) in [5.41, 5.74) is 2.15. The monoisotopic (exact) mass is 343 g/mol. The van der Waals surface area contributed by atoms with Crippen LogP contribution in [0.1, 0.15) is 25.3 Å². The third-order valence-corrected chi connectivity index (χ3v) is 5.04. The number of carbonyl (C=O) groups excluding carboxylic acids is 1. The van der Waals surface area contributed by atoms with E-state index < -0.39 is 0 Å². The molecule has 136 valence electrons. The maximum atomic E-state index is 12.4. The van der Waals surface area contributed by atoms with Gasteiger partial charge in [0.1, 0.15) is 6.10 Å². The largest absolute Gasteiger partial charge is 0.497 e. The summed E-state index contributed by atoms with van der Waals surface area (Å²) >= 11 is 0. The minimum Gasteiger partial charge on any atom is -0.497 e. The van der Waals surface area contributed by atoms with Gasteiger partial charge in [-0.25, -0.2) is 0 Å². The molecular weight excluding hydrogens is 314 g/mol. The number of likely N-dealkylation sites (N-methyl/N-ethyl adjacent to an activating group) is 1. The molecule has 2 aliphatic heterocycles. The van der Waals surface area contributed by atoms with Crippen LogP contribution in [0.3, 0.4) is 0 Å². The minimum atomic E-state index is 0.235. The zero-order chi connectivity index (χ0) is 17.5. The van der Waals surface area contributed by atoms with Crippen molar-refractivity contribution in [3.8, 4) is 0 Å². The lowest BCUT2D eigenvalue weighted by Crippen LogP contribution is -2.48. The van der Waals surface area contributed by atoms with Gasteiger partial charge in [-0.1, -0.05) is 19.1 Å². The molecule has 1 fully saturated rings. The number of nitrogens with zero attached hydrogens (tertiary/aromatic N) is 2. The molecule has 25 heavy (non-hydrogen) atoms. The van der Waals surface area contributed by atoms with Crippen molar-refractivity contribution >= 4 is 11.6 Å². The highest BCUT2D eigenvalue weighted by Crippen LogP contribution is 2.14. The molecule has 0 bridgehead atoms. The van der Waals surface area contributed by atoms with Gasteiger partial charge in [-0.3, -0.25) is 4.79 Å². The molecule has 5 heteroatoms. The maximum absolute atomic E-state index is 12.4. The molecular formula is C20H29N3O2. The van der Waals surface area contributed by atoms with Crippen LogP contribution in [0.25, 0.3) is 0 Å². The molecule has 1 N–H and O–H groups in total. The Morgan fingerprint density at radius 1 is 1.20 bits per heavy atom. The Kier molecular flexibility index (Phi) is 6.34. The van der Waals surface area contributed by atoms with Gasteiger partial charge in [0.25, 0.3) is 0 Å². The average molecular weight is 343 g/mol. The molecule has 0 radical (unpaired) electrons. The fourth-order valence-electron chi connectivity index (χ4n) is 3.31. The number of piperazine rings is 1. The summed E-state index contributed by atoms with van der Waals surface area (Å²) in [6.07, 6.45) is 6.73. The highest BCUT2D eigenvalue weighted by Gasteiger charge is 2.20. The Balaban J connectivity index is 1.44. The number of benzene rings is 1. The van der Waals surface area contributed by atoms with Crippen LogP contribution in [-0.4, -0.2) is 61.1 Å². The number of allylic oxidation sites excluding steroid dienone is 1. The zero-order valence-electron chi connectivity index (χ0n) is 15.1. The van der Waals surface area contributed by atoms with E-state index in [1.54, 1.807) is 6.26 Å². The van der Waals surface area contributed by atoms with E-state index in [2.05, 4.69) is 35.3 Å². The van der Waals surface area contributed by atoms with Crippen molar-refractivity contribution in [3.05, 3.63) is 42.2 Å². The first kappa shape index (κ1) is 17.8. The Bertz CT molecular complexity index is 577. The van der Waals surface area contributed by atoms with Crippen molar-refractivity contribution in [2.75, 3.05) is 44.6 Å². The third-order valence-electron chi connectivity index (χ3n) is 5.04. The van der Waals surface area contributed by atoms with Crippen molar-refractivity contribution in [2.45, 2.75) is 32.3 Å². The van der Waals surface area contributed by atoms with E-state index in [1.807, 2.05) is 17.0 Å². The molecule has 1 saturated heterocycles. The Labute approximate surface area is 150 Å². The first-order valence-electron chi connectivity index (χ1n) is 9.38. The summed E-state index contributed by atoms with van der Waals surface area (Å²) in [6.45, 7) is 7.73. The second kappa shape index (κ2) is 8.90. The standard InChI is InChI=1S/C20H29N3O2/c1-2-22-10-12-23(13-11-22)20(24)15-17-6-8-18(9-7-17)21-16-19-5-3-4-14-25-19/h4,6-9,14,19,21H,2-3,5,10-13,15-16H2,1H3/t19-/m0/s1. The van der Waals surface area contributed by atoms with Crippen LogP contribution < -0.4 is 5.32 Å². The van der Waals surface area contributed by atoms with Crippen LogP contribution >= 0.6 is 0 Å². The number of nitrogens with one attached hydrogen (secondary N) is 1. The van der Waals surface area contributed by atoms with Gasteiger partial charge in [0.05, 0.1) is 19.2 Å². The van der Waals surface area contributed by atoms with Crippen molar-refractivity contribution < 1.29 is 9.53 Å². The highest BCUT2D eigenvalue weighted by molar-refractivity contribution is 5.79. The van der Waals surface area contributed by atoms with Gasteiger partial charge in [0.15, 0.2) is 0 Å². The van der Waals surface area contributed by atoms with Crippen LogP contribution in [0.4, 0.5) is 5.69 Å². The average Bonchev–Trinajstić information content (AvgIpc) is 2.68. The van der Waals surface area contributed by atoms with Crippen LogP contribution in [0.15, 0.2) is 36.6 Å². The molecule has 1 aromatic carbocycles. The number of carbonyl (C=O) groups is 1. The highest BCUT2D eigenvalue weighted by atomic mass is 16.5. The van der Waals surface area contributed by atoms with Crippen LogP contribution in [0.2, 0.25) is 0 Å². The molecule has 1 atom stereocenters. The van der Waals surface area contributed by atoms with Gasteiger partial charge in [-0.2, -0.15) is 0 Å². The molecule has 0 unspecified atom stereocenters. The fourth-order valence-corrected chi connectivity index (χ4v) is 3.31. The summed E-state index contributed by atoms with van der Waals surface area (Å²) in [6, 6.07) is 8.20. The second-order valence-corrected chi connectivity index (χ2v) is 6.78. The molecule has 0 aliphatic carbocycles. The number of hydrogen-bond donors (Lipinski definition) is 1. The number of ether oxygens (including phenoxy) is 1. The molecule has 0 aromatic heterocycles. The summed E-state index contributed by atoms with van der Waals surface area (Å²) < 4.78 is 5.56. The molecule has 2 heterocycles. The van der Waals surface area contributed by atoms with Crippen LogP contribution in [-0.2, 0) is 16.0 Å². The number of amides is 1. The first-order valence-corrected chi connectivity index (χ1v) is 9.38. The predicted molar refractivity (Wildman–Crippen MR) is 101 cm³/mol. The molecule has 0 saturated carbocycles. The van der Waals surface area contributed by atoms with Crippen LogP contribution in [0.5, 0.6) is 0 Å². The minimum absolute atomic E-state index is 0.235. The topological polar surface area (TPSA) is 44.8 Å². The molecule has 0 spiro atoms. The van der Waals surface area contributed by atoms with Gasteiger partial charge >= 0.3 is 0 Å². The lowest BCUT2D eigenvalue weighted by molar-refractivity contribution is -0.132. The van der Waals surface area contributed by atoms with E-state index in [9.17, 15) is 4.79 Å². The fraction of sp³-hybridized carbons (Fsp3) is 0.550. The lowest BCUT2D eigenvalue weighted by atomic mass is 10.1. The van der Waals surface area contributed by atoms with Crippen molar-refractivity contribution in [1.82, 2.24) is 9.80 Å². The zero-order valence-corrected chi connectivity index (χ0v) is 15.1. The van der Waals surface area contributed by atoms with Crippen molar-refractivity contribution in [3.63, 3.8) is 0 Å². The lowest BCUT2D eigenvalue weighted by Gasteiger charge is -2.34. The Hall–Kier alpha value is -2.01. The molecule has 5 nitrogen and oxygen atoms in total. The normalized spacial score (nSPS) is 21.0. The van der Waals surface area contributed by atoms with Gasteiger partial charge in [0, 0.05) is 31.9 Å². The second-order valence-electron chi connectivity index (χ2n) is 6.78. The van der Waals surface area contributed by atoms with Crippen LogP contribution in [0, 0.1) is 0 Å². The van der Waals surface area contributed by atoms with E-state index in [4.69, 9.17) is 4.74 Å². The Morgan fingerprint density at radius 3 is 2.60 bits per heavy atom. The van der Waals surface area contributed by atoms with E-state index in [-0.39, 0.29) is 12.0 Å². The van der Waals surface area contributed by atoms with E-state index in [0.29, 0.717) is 6.42 Å². The molecule has 1 aromatic rings. The smallest absolute Gasteiger partial charge is 0.227 e. The molecule has 1 amide bonds. The first-order chi connectivity index (χ1) is 12.2. The van der Waals surface area contributed by atoms with Gasteiger partial charge < -0.3 is 19.9 Å². The SMILES string of the molecule is CCN1CCN(C(=O)Cc2ccc(NC[C@@H]3CCC=CO3)cc2)CC1. The van der Waals surface area contributed by atoms with E-state index >= 15 is 0 Å². The molecule has 3 rings (SSSR count). The maximum Gasteiger partial charge on any atom is 0.227 e.